The molecule has 3 rings (SSSR count). The molecule has 0 bridgehead atoms. The molecule has 0 saturated carbocycles. The van der Waals surface area contributed by atoms with Gasteiger partial charge < -0.3 is 10.3 Å². The quantitative estimate of drug-likeness (QED) is 0.641. The van der Waals surface area contributed by atoms with Gasteiger partial charge >= 0.3 is 0 Å². The minimum Gasteiger partial charge on any atom is -0.351 e. The summed E-state index contributed by atoms with van der Waals surface area (Å²) in [7, 11) is 0. The maximum absolute atomic E-state index is 12.5. The zero-order valence-electron chi connectivity index (χ0n) is 13.5. The van der Waals surface area contributed by atoms with Crippen LogP contribution >= 0.6 is 11.8 Å². The molecule has 0 aliphatic rings. The lowest BCUT2D eigenvalue weighted by Gasteiger charge is -2.20. The van der Waals surface area contributed by atoms with Crippen molar-refractivity contribution in [3.8, 4) is 0 Å². The van der Waals surface area contributed by atoms with Gasteiger partial charge in [0.25, 0.3) is 5.91 Å². The predicted octanol–water partition coefficient (Wildman–Crippen LogP) is 5.31. The summed E-state index contributed by atoms with van der Waals surface area (Å²) in [6, 6.07) is 17.7. The van der Waals surface area contributed by atoms with Crippen molar-refractivity contribution >= 4 is 34.3 Å². The fourth-order valence-electron chi connectivity index (χ4n) is 2.37. The van der Waals surface area contributed by atoms with Gasteiger partial charge in [0.2, 0.25) is 0 Å². The Morgan fingerprint density at radius 3 is 2.48 bits per heavy atom. The Morgan fingerprint density at radius 1 is 1.04 bits per heavy atom. The summed E-state index contributed by atoms with van der Waals surface area (Å²) in [6.45, 7) is 6.48. The number of hydrogen-bond acceptors (Lipinski definition) is 2. The number of carbonyl (C=O) groups excluding carboxylic acids is 1. The summed E-state index contributed by atoms with van der Waals surface area (Å²) in [6.07, 6.45) is 0. The number of carbonyl (C=O) groups is 1. The average molecular weight is 324 g/mol. The fourth-order valence-corrected chi connectivity index (χ4v) is 3.41. The molecule has 1 heterocycles. The number of nitrogens with one attached hydrogen (secondary N) is 2. The number of H-pyrrole nitrogens is 1. The van der Waals surface area contributed by atoms with Crippen LogP contribution in [0.4, 0.5) is 5.69 Å². The summed E-state index contributed by atoms with van der Waals surface area (Å²) in [4.78, 5) is 16.8. The van der Waals surface area contributed by atoms with Crippen LogP contribution in [0.1, 0.15) is 31.3 Å². The van der Waals surface area contributed by atoms with Crippen molar-refractivity contribution in [2.45, 2.75) is 30.4 Å². The molecule has 0 saturated heterocycles. The second-order valence-corrected chi connectivity index (χ2v) is 8.30. The van der Waals surface area contributed by atoms with Gasteiger partial charge in [-0.25, -0.2) is 0 Å². The Balaban J connectivity index is 1.85. The molecule has 3 aromatic rings. The number of aromatic amines is 1. The second-order valence-electron chi connectivity index (χ2n) is 6.43. The monoisotopic (exact) mass is 324 g/mol. The van der Waals surface area contributed by atoms with E-state index in [1.165, 1.54) is 0 Å². The molecule has 0 radical (unpaired) electrons. The molecule has 2 N–H and O–H groups in total. The number of anilines is 1. The van der Waals surface area contributed by atoms with E-state index in [4.69, 9.17) is 0 Å². The number of benzene rings is 2. The standard InChI is InChI=1S/C19H20N2OS/c1-19(2,3)23-17-11-7-6-10-15(17)21-18(22)16-12-13-8-4-5-9-14(13)20-16/h4-12,20H,1-3H3,(H,21,22). The van der Waals surface area contributed by atoms with Crippen molar-refractivity contribution in [1.29, 1.82) is 0 Å². The Morgan fingerprint density at radius 2 is 1.74 bits per heavy atom. The van der Waals surface area contributed by atoms with E-state index in [0.29, 0.717) is 5.69 Å². The maximum atomic E-state index is 12.5. The van der Waals surface area contributed by atoms with Crippen molar-refractivity contribution in [2.75, 3.05) is 5.32 Å². The van der Waals surface area contributed by atoms with Crippen molar-refractivity contribution in [1.82, 2.24) is 4.98 Å². The molecule has 23 heavy (non-hydrogen) atoms. The van der Waals surface area contributed by atoms with Crippen LogP contribution < -0.4 is 5.32 Å². The summed E-state index contributed by atoms with van der Waals surface area (Å²) in [5.41, 5.74) is 2.38. The smallest absolute Gasteiger partial charge is 0.272 e. The average Bonchev–Trinajstić information content (AvgIpc) is 2.92. The normalized spacial score (nSPS) is 11.6. The first kappa shape index (κ1) is 15.7. The Kier molecular flexibility index (Phi) is 4.18. The highest BCUT2D eigenvalue weighted by Crippen LogP contribution is 2.36. The van der Waals surface area contributed by atoms with E-state index >= 15 is 0 Å². The molecule has 118 valence electrons. The number of thioether (sulfide) groups is 1. The zero-order valence-corrected chi connectivity index (χ0v) is 14.3. The zero-order chi connectivity index (χ0) is 16.4. The summed E-state index contributed by atoms with van der Waals surface area (Å²) in [5.74, 6) is -0.122. The molecule has 0 fully saturated rings. The largest absolute Gasteiger partial charge is 0.351 e. The van der Waals surface area contributed by atoms with Gasteiger partial charge in [0.1, 0.15) is 5.69 Å². The van der Waals surface area contributed by atoms with E-state index in [9.17, 15) is 4.79 Å². The molecule has 2 aromatic carbocycles. The molecule has 1 aromatic heterocycles. The molecule has 0 spiro atoms. The first-order chi connectivity index (χ1) is 10.9. The number of aromatic nitrogens is 1. The highest BCUT2D eigenvalue weighted by Gasteiger charge is 2.16. The number of para-hydroxylation sites is 2. The molecule has 3 nitrogen and oxygen atoms in total. The van der Waals surface area contributed by atoms with E-state index in [1.54, 1.807) is 11.8 Å². The Bertz CT molecular complexity index is 813. The molecule has 4 heteroatoms. The highest BCUT2D eigenvalue weighted by atomic mass is 32.2. The predicted molar refractivity (Wildman–Crippen MR) is 98.3 cm³/mol. The lowest BCUT2D eigenvalue weighted by Crippen LogP contribution is -2.14. The number of rotatable bonds is 3. The topological polar surface area (TPSA) is 44.9 Å². The first-order valence-corrected chi connectivity index (χ1v) is 8.41. The minimum atomic E-state index is -0.122. The summed E-state index contributed by atoms with van der Waals surface area (Å²) in [5, 5.41) is 4.06. The van der Waals surface area contributed by atoms with Crippen LogP contribution in [0.15, 0.2) is 59.5 Å². The summed E-state index contributed by atoms with van der Waals surface area (Å²) < 4.78 is 0.0853. The molecule has 0 unspecified atom stereocenters. The van der Waals surface area contributed by atoms with Gasteiger partial charge in [-0.2, -0.15) is 0 Å². The third-order valence-electron chi connectivity index (χ3n) is 3.33. The molecule has 1 amide bonds. The maximum Gasteiger partial charge on any atom is 0.272 e. The minimum absolute atomic E-state index is 0.0853. The van der Waals surface area contributed by atoms with Gasteiger partial charge in [0.05, 0.1) is 5.69 Å². The van der Waals surface area contributed by atoms with Crippen molar-refractivity contribution in [3.05, 3.63) is 60.3 Å². The van der Waals surface area contributed by atoms with Crippen LogP contribution in [0.2, 0.25) is 0 Å². The Labute approximate surface area is 140 Å². The molecule has 0 aliphatic heterocycles. The third kappa shape index (κ3) is 3.77. The number of amides is 1. The van der Waals surface area contributed by atoms with Crippen molar-refractivity contribution in [3.63, 3.8) is 0 Å². The van der Waals surface area contributed by atoms with Crippen molar-refractivity contribution < 1.29 is 4.79 Å². The highest BCUT2D eigenvalue weighted by molar-refractivity contribution is 8.00. The van der Waals surface area contributed by atoms with E-state index in [-0.39, 0.29) is 10.7 Å². The molecule has 0 aliphatic carbocycles. The van der Waals surface area contributed by atoms with Crippen LogP contribution in [0.25, 0.3) is 10.9 Å². The first-order valence-electron chi connectivity index (χ1n) is 7.59. The molecule has 0 atom stereocenters. The number of hydrogen-bond donors (Lipinski definition) is 2. The van der Waals surface area contributed by atoms with Crippen LogP contribution in [0.5, 0.6) is 0 Å². The van der Waals surface area contributed by atoms with Crippen LogP contribution in [0, 0.1) is 0 Å². The van der Waals surface area contributed by atoms with Crippen LogP contribution in [0.3, 0.4) is 0 Å². The van der Waals surface area contributed by atoms with Crippen molar-refractivity contribution in [2.24, 2.45) is 0 Å². The van der Waals surface area contributed by atoms with Gasteiger partial charge in [0.15, 0.2) is 0 Å². The van der Waals surface area contributed by atoms with E-state index in [2.05, 4.69) is 31.1 Å². The van der Waals surface area contributed by atoms with Gasteiger partial charge in [-0.3, -0.25) is 4.79 Å². The molecular weight excluding hydrogens is 304 g/mol. The van der Waals surface area contributed by atoms with Gasteiger partial charge in [-0.1, -0.05) is 51.1 Å². The fraction of sp³-hybridized carbons (Fsp3) is 0.211. The van der Waals surface area contributed by atoms with E-state index in [1.807, 2.05) is 54.6 Å². The lowest BCUT2D eigenvalue weighted by atomic mass is 10.2. The van der Waals surface area contributed by atoms with Gasteiger partial charge in [-0.05, 0) is 24.3 Å². The van der Waals surface area contributed by atoms with E-state index < -0.39 is 0 Å². The number of fused-ring (bicyclic) bond motifs is 1. The SMILES string of the molecule is CC(C)(C)Sc1ccccc1NC(=O)c1cc2ccccc2[nH]1. The second kappa shape index (κ2) is 6.13. The van der Waals surface area contributed by atoms with Gasteiger partial charge in [0, 0.05) is 20.5 Å². The van der Waals surface area contributed by atoms with Gasteiger partial charge in [-0.15, -0.1) is 11.8 Å². The summed E-state index contributed by atoms with van der Waals surface area (Å²) >= 11 is 1.74. The van der Waals surface area contributed by atoms with E-state index in [0.717, 1.165) is 21.5 Å². The molecular formula is C19H20N2OS. The van der Waals surface area contributed by atoms with Crippen LogP contribution in [-0.4, -0.2) is 15.6 Å². The Hall–Kier alpha value is -2.20. The third-order valence-corrected chi connectivity index (χ3v) is 4.51. The van der Waals surface area contributed by atoms with Crippen LogP contribution in [-0.2, 0) is 0 Å². The lowest BCUT2D eigenvalue weighted by molar-refractivity contribution is 0.102.